The lowest BCUT2D eigenvalue weighted by atomic mass is 9.84. The van der Waals surface area contributed by atoms with Crippen LogP contribution >= 0.6 is 0 Å². The van der Waals surface area contributed by atoms with Crippen LogP contribution in [0.5, 0.6) is 0 Å². The van der Waals surface area contributed by atoms with Crippen LogP contribution in [0.15, 0.2) is 0 Å². The number of aliphatic carboxylic acids is 1. The Morgan fingerprint density at radius 1 is 1.33 bits per heavy atom. The van der Waals surface area contributed by atoms with Gasteiger partial charge >= 0.3 is 5.97 Å². The second-order valence-corrected chi connectivity index (χ2v) is 4.76. The number of rotatable bonds is 7. The third-order valence-electron chi connectivity index (χ3n) is 2.97. The van der Waals surface area contributed by atoms with Gasteiger partial charge in [0.05, 0.1) is 0 Å². The Bertz CT molecular complexity index is 204. The highest BCUT2D eigenvalue weighted by Gasteiger charge is 2.37. The lowest BCUT2D eigenvalue weighted by molar-refractivity contribution is -0.146. The zero-order valence-corrected chi connectivity index (χ0v) is 10.6. The van der Waals surface area contributed by atoms with E-state index in [0.717, 1.165) is 6.42 Å². The van der Waals surface area contributed by atoms with Gasteiger partial charge in [0.1, 0.15) is 5.54 Å². The predicted molar refractivity (Wildman–Crippen MR) is 63.0 cm³/mol. The van der Waals surface area contributed by atoms with Crippen molar-refractivity contribution in [3.05, 3.63) is 0 Å². The third-order valence-corrected chi connectivity index (χ3v) is 2.97. The first-order chi connectivity index (χ1) is 6.88. The molecule has 0 saturated carbocycles. The van der Waals surface area contributed by atoms with Gasteiger partial charge in [0.15, 0.2) is 0 Å². The molecule has 15 heavy (non-hydrogen) atoms. The molecule has 0 aromatic carbocycles. The van der Waals surface area contributed by atoms with E-state index in [4.69, 9.17) is 0 Å². The van der Waals surface area contributed by atoms with Crippen LogP contribution < -0.4 is 5.32 Å². The maximum Gasteiger partial charge on any atom is 0.323 e. The summed E-state index contributed by atoms with van der Waals surface area (Å²) in [6, 6.07) is 0.199. The van der Waals surface area contributed by atoms with Crippen LogP contribution in [0.4, 0.5) is 0 Å². The van der Waals surface area contributed by atoms with E-state index in [1.54, 1.807) is 0 Å². The molecule has 90 valence electrons. The van der Waals surface area contributed by atoms with Gasteiger partial charge < -0.3 is 5.11 Å². The fourth-order valence-corrected chi connectivity index (χ4v) is 1.90. The van der Waals surface area contributed by atoms with Gasteiger partial charge in [-0.2, -0.15) is 0 Å². The Morgan fingerprint density at radius 2 is 1.87 bits per heavy atom. The Morgan fingerprint density at radius 3 is 2.13 bits per heavy atom. The molecule has 3 heteroatoms. The number of nitrogens with one attached hydrogen (secondary N) is 1. The van der Waals surface area contributed by atoms with Crippen LogP contribution in [-0.2, 0) is 4.79 Å². The average molecular weight is 215 g/mol. The van der Waals surface area contributed by atoms with Gasteiger partial charge in [-0.25, -0.2) is 0 Å². The SMILES string of the molecule is CCC(C)CC(CC)(NC(C)C)C(=O)O. The van der Waals surface area contributed by atoms with Gasteiger partial charge in [-0.05, 0) is 32.6 Å². The molecule has 0 heterocycles. The highest BCUT2D eigenvalue weighted by molar-refractivity contribution is 5.78. The number of carbonyl (C=O) groups is 1. The summed E-state index contributed by atoms with van der Waals surface area (Å²) in [7, 11) is 0. The van der Waals surface area contributed by atoms with Crippen molar-refractivity contribution in [2.75, 3.05) is 0 Å². The molecule has 3 nitrogen and oxygen atoms in total. The van der Waals surface area contributed by atoms with Crippen LogP contribution in [0.3, 0.4) is 0 Å². The van der Waals surface area contributed by atoms with E-state index in [0.29, 0.717) is 18.8 Å². The van der Waals surface area contributed by atoms with Crippen molar-refractivity contribution in [3.8, 4) is 0 Å². The highest BCUT2D eigenvalue weighted by atomic mass is 16.4. The number of carboxylic acid groups (broad SMARTS) is 1. The summed E-state index contributed by atoms with van der Waals surface area (Å²) in [4.78, 5) is 11.4. The number of hydrogen-bond donors (Lipinski definition) is 2. The van der Waals surface area contributed by atoms with Crippen molar-refractivity contribution in [1.82, 2.24) is 5.32 Å². The van der Waals surface area contributed by atoms with E-state index in [-0.39, 0.29) is 6.04 Å². The highest BCUT2D eigenvalue weighted by Crippen LogP contribution is 2.23. The standard InChI is InChI=1S/C12H25NO2/c1-6-10(5)8-12(7-2,11(14)15)13-9(3)4/h9-10,13H,6-8H2,1-5H3,(H,14,15). The van der Waals surface area contributed by atoms with E-state index in [2.05, 4.69) is 19.2 Å². The quantitative estimate of drug-likeness (QED) is 0.686. The van der Waals surface area contributed by atoms with E-state index < -0.39 is 11.5 Å². The Hall–Kier alpha value is -0.570. The molecule has 0 aliphatic carbocycles. The normalized spacial score (nSPS) is 17.5. The van der Waals surface area contributed by atoms with Crippen LogP contribution in [-0.4, -0.2) is 22.7 Å². The molecule has 0 rings (SSSR count). The lowest BCUT2D eigenvalue weighted by Gasteiger charge is -2.33. The molecular weight excluding hydrogens is 190 g/mol. The zero-order valence-electron chi connectivity index (χ0n) is 10.6. The molecule has 0 amide bonds. The van der Waals surface area contributed by atoms with Gasteiger partial charge in [0.2, 0.25) is 0 Å². The molecule has 0 bridgehead atoms. The van der Waals surface area contributed by atoms with Gasteiger partial charge in [-0.15, -0.1) is 0 Å². The summed E-state index contributed by atoms with van der Waals surface area (Å²) >= 11 is 0. The Balaban J connectivity index is 4.73. The minimum absolute atomic E-state index is 0.199. The van der Waals surface area contributed by atoms with Crippen molar-refractivity contribution in [3.63, 3.8) is 0 Å². The van der Waals surface area contributed by atoms with Gasteiger partial charge in [0, 0.05) is 6.04 Å². The molecule has 0 aromatic heterocycles. The Kier molecular flexibility index (Phi) is 5.88. The summed E-state index contributed by atoms with van der Waals surface area (Å²) in [5.74, 6) is -0.286. The second-order valence-electron chi connectivity index (χ2n) is 4.76. The molecule has 0 saturated heterocycles. The van der Waals surface area contributed by atoms with Crippen molar-refractivity contribution < 1.29 is 9.90 Å². The maximum absolute atomic E-state index is 11.4. The fraction of sp³-hybridized carbons (Fsp3) is 0.917. The first kappa shape index (κ1) is 14.4. The van der Waals surface area contributed by atoms with Crippen LogP contribution in [0.25, 0.3) is 0 Å². The molecule has 0 radical (unpaired) electrons. The first-order valence-electron chi connectivity index (χ1n) is 5.89. The van der Waals surface area contributed by atoms with Crippen LogP contribution in [0.2, 0.25) is 0 Å². The molecule has 0 aliphatic rings. The second kappa shape index (κ2) is 6.11. The molecule has 0 fully saturated rings. The van der Waals surface area contributed by atoms with Crippen molar-refractivity contribution in [2.24, 2.45) is 5.92 Å². The lowest BCUT2D eigenvalue weighted by Crippen LogP contribution is -2.55. The fourth-order valence-electron chi connectivity index (χ4n) is 1.90. The monoisotopic (exact) mass is 215 g/mol. The third kappa shape index (κ3) is 4.20. The minimum Gasteiger partial charge on any atom is -0.480 e. The molecule has 2 atom stereocenters. The average Bonchev–Trinajstić information content (AvgIpc) is 2.15. The largest absolute Gasteiger partial charge is 0.480 e. The zero-order chi connectivity index (χ0) is 12.1. The minimum atomic E-state index is -0.746. The van der Waals surface area contributed by atoms with E-state index >= 15 is 0 Å². The van der Waals surface area contributed by atoms with Crippen LogP contribution in [0, 0.1) is 5.92 Å². The first-order valence-corrected chi connectivity index (χ1v) is 5.89. The molecule has 2 unspecified atom stereocenters. The summed E-state index contributed by atoms with van der Waals surface area (Å²) < 4.78 is 0. The summed E-state index contributed by atoms with van der Waals surface area (Å²) in [5, 5.41) is 12.6. The van der Waals surface area contributed by atoms with Gasteiger partial charge in [-0.3, -0.25) is 10.1 Å². The summed E-state index contributed by atoms with van der Waals surface area (Å²) in [5.41, 5.74) is -0.746. The molecule has 0 spiro atoms. The van der Waals surface area contributed by atoms with E-state index in [1.165, 1.54) is 0 Å². The summed E-state index contributed by atoms with van der Waals surface area (Å²) in [6.07, 6.45) is 2.35. The molecule has 0 aliphatic heterocycles. The van der Waals surface area contributed by atoms with E-state index in [9.17, 15) is 9.90 Å². The van der Waals surface area contributed by atoms with E-state index in [1.807, 2.05) is 20.8 Å². The smallest absolute Gasteiger partial charge is 0.323 e. The van der Waals surface area contributed by atoms with Crippen molar-refractivity contribution in [1.29, 1.82) is 0 Å². The van der Waals surface area contributed by atoms with Crippen molar-refractivity contribution in [2.45, 2.75) is 65.5 Å². The predicted octanol–water partition coefficient (Wildman–Crippen LogP) is 2.65. The summed E-state index contributed by atoms with van der Waals surface area (Å²) in [6.45, 7) is 10.1. The maximum atomic E-state index is 11.4. The van der Waals surface area contributed by atoms with Gasteiger partial charge in [-0.1, -0.05) is 27.2 Å². The molecular formula is C12H25NO2. The molecule has 2 N–H and O–H groups in total. The van der Waals surface area contributed by atoms with Gasteiger partial charge in [0.25, 0.3) is 0 Å². The Labute approximate surface area is 93.3 Å². The van der Waals surface area contributed by atoms with Crippen molar-refractivity contribution >= 4 is 5.97 Å². The topological polar surface area (TPSA) is 49.3 Å². The number of hydrogen-bond acceptors (Lipinski definition) is 2. The molecule has 0 aromatic rings. The van der Waals surface area contributed by atoms with Crippen LogP contribution in [0.1, 0.15) is 53.9 Å². The number of carboxylic acids is 1.